The Morgan fingerprint density at radius 1 is 1.40 bits per heavy atom. The lowest BCUT2D eigenvalue weighted by Gasteiger charge is -2.04. The van der Waals surface area contributed by atoms with Crippen LogP contribution in [0.25, 0.3) is 0 Å². The van der Waals surface area contributed by atoms with E-state index in [1.54, 1.807) is 0 Å². The molecule has 0 saturated heterocycles. The van der Waals surface area contributed by atoms with Crippen molar-refractivity contribution in [1.29, 1.82) is 0 Å². The molecule has 1 unspecified atom stereocenters. The lowest BCUT2D eigenvalue weighted by Crippen LogP contribution is -2.08. The van der Waals surface area contributed by atoms with Crippen molar-refractivity contribution in [3.8, 4) is 0 Å². The maximum atomic E-state index is 11.4. The summed E-state index contributed by atoms with van der Waals surface area (Å²) in [5.74, 6) is 0. The standard InChI is InChI=1S/C6H11BrFO2/c1-6(7)10-5-4-9-3-2-8/h6H,1-5H2. The Kier molecular flexibility index (Phi) is 7.68. The van der Waals surface area contributed by atoms with E-state index >= 15 is 0 Å². The van der Waals surface area contributed by atoms with Crippen molar-refractivity contribution < 1.29 is 13.9 Å². The first-order valence-corrected chi connectivity index (χ1v) is 3.91. The van der Waals surface area contributed by atoms with Gasteiger partial charge in [-0.1, -0.05) is 15.9 Å². The Morgan fingerprint density at radius 3 is 2.60 bits per heavy atom. The summed E-state index contributed by atoms with van der Waals surface area (Å²) in [4.78, 5) is 0. The van der Waals surface area contributed by atoms with E-state index in [2.05, 4.69) is 22.9 Å². The minimum atomic E-state index is -0.442. The SMILES string of the molecule is [CH2]C(Br)OCCOCCF. The van der Waals surface area contributed by atoms with Gasteiger partial charge in [-0.2, -0.15) is 0 Å². The second-order valence-corrected chi connectivity index (χ2v) is 2.60. The van der Waals surface area contributed by atoms with E-state index in [1.807, 2.05) is 0 Å². The second kappa shape index (κ2) is 7.44. The largest absolute Gasteiger partial charge is 0.376 e. The fourth-order valence-electron chi connectivity index (χ4n) is 0.392. The summed E-state index contributed by atoms with van der Waals surface area (Å²) in [5.41, 5.74) is 0. The Morgan fingerprint density at radius 2 is 2.10 bits per heavy atom. The lowest BCUT2D eigenvalue weighted by atomic mass is 10.7. The van der Waals surface area contributed by atoms with Gasteiger partial charge in [-0.25, -0.2) is 4.39 Å². The molecule has 0 N–H and O–H groups in total. The quantitative estimate of drug-likeness (QED) is 0.493. The molecule has 0 aromatic rings. The van der Waals surface area contributed by atoms with Crippen molar-refractivity contribution in [2.45, 2.75) is 5.01 Å². The van der Waals surface area contributed by atoms with Gasteiger partial charge in [0, 0.05) is 0 Å². The number of alkyl halides is 2. The number of hydrogen-bond acceptors (Lipinski definition) is 2. The molecule has 0 aliphatic rings. The minimum Gasteiger partial charge on any atom is -0.376 e. The highest BCUT2D eigenvalue weighted by Crippen LogP contribution is 1.97. The second-order valence-electron chi connectivity index (χ2n) is 1.58. The highest BCUT2D eigenvalue weighted by molar-refractivity contribution is 9.09. The Balaban J connectivity index is 2.77. The van der Waals surface area contributed by atoms with E-state index in [-0.39, 0.29) is 11.6 Å². The third kappa shape index (κ3) is 8.33. The maximum Gasteiger partial charge on any atom is 0.113 e. The van der Waals surface area contributed by atoms with E-state index < -0.39 is 6.67 Å². The van der Waals surface area contributed by atoms with Crippen LogP contribution in [0.2, 0.25) is 0 Å². The van der Waals surface area contributed by atoms with Crippen LogP contribution >= 0.6 is 15.9 Å². The van der Waals surface area contributed by atoms with Crippen LogP contribution in [0.5, 0.6) is 0 Å². The Labute approximate surface area is 68.8 Å². The summed E-state index contributed by atoms with van der Waals surface area (Å²) in [7, 11) is 0. The van der Waals surface area contributed by atoms with Gasteiger partial charge in [-0.3, -0.25) is 0 Å². The van der Waals surface area contributed by atoms with Crippen LogP contribution in [-0.2, 0) is 9.47 Å². The number of hydrogen-bond donors (Lipinski definition) is 0. The van der Waals surface area contributed by atoms with E-state index in [1.165, 1.54) is 0 Å². The van der Waals surface area contributed by atoms with Gasteiger partial charge in [0.1, 0.15) is 11.7 Å². The zero-order valence-electron chi connectivity index (χ0n) is 5.69. The van der Waals surface area contributed by atoms with Crippen molar-refractivity contribution in [1.82, 2.24) is 0 Å². The third-order valence-corrected chi connectivity index (χ3v) is 1.01. The molecule has 0 bridgehead atoms. The highest BCUT2D eigenvalue weighted by Gasteiger charge is 1.93. The summed E-state index contributed by atoms with van der Waals surface area (Å²) in [6, 6.07) is 0. The molecule has 0 aromatic carbocycles. The molecule has 61 valence electrons. The maximum absolute atomic E-state index is 11.4. The molecule has 0 rings (SSSR count). The van der Waals surface area contributed by atoms with Gasteiger partial charge in [0.2, 0.25) is 0 Å². The summed E-state index contributed by atoms with van der Waals surface area (Å²) in [5, 5.41) is -0.207. The number of halogens is 2. The topological polar surface area (TPSA) is 18.5 Å². The number of ether oxygens (including phenoxy) is 2. The predicted octanol–water partition coefficient (Wildman–Crippen LogP) is 1.54. The predicted molar refractivity (Wildman–Crippen MR) is 40.8 cm³/mol. The van der Waals surface area contributed by atoms with Crippen molar-refractivity contribution in [3.63, 3.8) is 0 Å². The van der Waals surface area contributed by atoms with Gasteiger partial charge in [-0.15, -0.1) is 0 Å². The molecule has 1 radical (unpaired) electrons. The van der Waals surface area contributed by atoms with Gasteiger partial charge in [0.05, 0.1) is 19.8 Å². The smallest absolute Gasteiger partial charge is 0.113 e. The van der Waals surface area contributed by atoms with E-state index in [0.29, 0.717) is 13.2 Å². The highest BCUT2D eigenvalue weighted by atomic mass is 79.9. The van der Waals surface area contributed by atoms with Crippen molar-refractivity contribution in [3.05, 3.63) is 6.92 Å². The fourth-order valence-corrected chi connectivity index (χ4v) is 0.578. The number of rotatable bonds is 6. The molecule has 0 fully saturated rings. The van der Waals surface area contributed by atoms with Crippen LogP contribution in [0, 0.1) is 6.92 Å². The molecule has 10 heavy (non-hydrogen) atoms. The molecule has 2 nitrogen and oxygen atoms in total. The van der Waals surface area contributed by atoms with Crippen molar-refractivity contribution in [2.75, 3.05) is 26.5 Å². The molecule has 4 heteroatoms. The molecule has 0 amide bonds. The van der Waals surface area contributed by atoms with Crippen molar-refractivity contribution in [2.24, 2.45) is 0 Å². The van der Waals surface area contributed by atoms with Crippen LogP contribution in [0.3, 0.4) is 0 Å². The normalized spacial score (nSPS) is 13.5. The first-order valence-electron chi connectivity index (χ1n) is 3.00. The summed E-state index contributed by atoms with van der Waals surface area (Å²) in [6.45, 7) is 4.09. The molecule has 1 atom stereocenters. The zero-order chi connectivity index (χ0) is 7.82. The molecule has 0 saturated carbocycles. The summed E-state index contributed by atoms with van der Waals surface area (Å²) >= 11 is 3.08. The lowest BCUT2D eigenvalue weighted by molar-refractivity contribution is 0.0453. The van der Waals surface area contributed by atoms with E-state index in [9.17, 15) is 4.39 Å². The van der Waals surface area contributed by atoms with Crippen LogP contribution in [0.4, 0.5) is 4.39 Å². The summed E-state index contributed by atoms with van der Waals surface area (Å²) in [6.07, 6.45) is 0. The Bertz CT molecular complexity index is 70.8. The van der Waals surface area contributed by atoms with Gasteiger partial charge < -0.3 is 9.47 Å². The van der Waals surface area contributed by atoms with Crippen LogP contribution in [-0.4, -0.2) is 31.5 Å². The molecular weight excluding hydrogens is 203 g/mol. The molecule has 0 aromatic heterocycles. The van der Waals surface area contributed by atoms with Crippen LogP contribution in [0.1, 0.15) is 0 Å². The van der Waals surface area contributed by atoms with Crippen LogP contribution < -0.4 is 0 Å². The summed E-state index contributed by atoms with van der Waals surface area (Å²) < 4.78 is 21.1. The molecular formula is C6H11BrFO2. The first-order chi connectivity index (χ1) is 4.77. The molecule has 0 heterocycles. The average Bonchev–Trinajstić information content (AvgIpc) is 1.87. The van der Waals surface area contributed by atoms with Gasteiger partial charge in [0.25, 0.3) is 0 Å². The van der Waals surface area contributed by atoms with Gasteiger partial charge in [0.15, 0.2) is 0 Å². The minimum absolute atomic E-state index is 0.146. The zero-order valence-corrected chi connectivity index (χ0v) is 7.27. The third-order valence-electron chi connectivity index (χ3n) is 0.748. The molecule has 0 aliphatic heterocycles. The van der Waals surface area contributed by atoms with E-state index in [0.717, 1.165) is 0 Å². The monoisotopic (exact) mass is 213 g/mol. The first kappa shape index (κ1) is 10.3. The van der Waals surface area contributed by atoms with Gasteiger partial charge >= 0.3 is 0 Å². The van der Waals surface area contributed by atoms with E-state index in [4.69, 9.17) is 9.47 Å². The fraction of sp³-hybridized carbons (Fsp3) is 0.833. The Hall–Kier alpha value is 0.330. The average molecular weight is 214 g/mol. The van der Waals surface area contributed by atoms with Crippen LogP contribution in [0.15, 0.2) is 0 Å². The molecule has 0 aliphatic carbocycles. The molecule has 0 spiro atoms. The van der Waals surface area contributed by atoms with Gasteiger partial charge in [-0.05, 0) is 6.92 Å². The van der Waals surface area contributed by atoms with Crippen molar-refractivity contribution >= 4 is 15.9 Å².